The van der Waals surface area contributed by atoms with Crippen LogP contribution in [0.4, 0.5) is 5.69 Å². The van der Waals surface area contributed by atoms with E-state index in [-0.39, 0.29) is 5.91 Å². The number of carbonyl (C=O) groups is 1. The summed E-state index contributed by atoms with van der Waals surface area (Å²) in [7, 11) is 1.65. The third-order valence-corrected chi connectivity index (χ3v) is 5.84. The molecule has 0 unspecified atom stereocenters. The van der Waals surface area contributed by atoms with Crippen LogP contribution in [-0.4, -0.2) is 22.4 Å². The van der Waals surface area contributed by atoms with E-state index < -0.39 is 5.41 Å². The predicted molar refractivity (Wildman–Crippen MR) is 118 cm³/mol. The van der Waals surface area contributed by atoms with Crippen LogP contribution >= 0.6 is 0 Å². The maximum atomic E-state index is 13.2. The summed E-state index contributed by atoms with van der Waals surface area (Å²) in [5, 5.41) is 3.12. The van der Waals surface area contributed by atoms with Gasteiger partial charge in [0.25, 0.3) is 0 Å². The lowest BCUT2D eigenvalue weighted by atomic mass is 9.93. The predicted octanol–water partition coefficient (Wildman–Crippen LogP) is 4.99. The molecule has 0 spiro atoms. The van der Waals surface area contributed by atoms with Crippen LogP contribution in [0.2, 0.25) is 0 Å². The summed E-state index contributed by atoms with van der Waals surface area (Å²) in [6, 6.07) is 19.7. The van der Waals surface area contributed by atoms with Crippen molar-refractivity contribution in [1.82, 2.24) is 9.38 Å². The standard InChI is InChI=1S/C25H23N3O2/c1-17-10-13-28-16-21(27-23(28)14-17)18-6-5-7-19(15-18)26-24(29)25(11-12-25)20-8-3-4-9-22(20)30-2/h3-10,13-16H,11-12H2,1-2H3,(H,26,29). The van der Waals surface area contributed by atoms with Crippen molar-refractivity contribution < 1.29 is 9.53 Å². The van der Waals surface area contributed by atoms with Gasteiger partial charge in [-0.1, -0.05) is 30.3 Å². The molecule has 0 radical (unpaired) electrons. The molecule has 1 aliphatic carbocycles. The average molecular weight is 397 g/mol. The quantitative estimate of drug-likeness (QED) is 0.516. The molecule has 1 saturated carbocycles. The molecular weight excluding hydrogens is 374 g/mol. The van der Waals surface area contributed by atoms with E-state index in [1.807, 2.05) is 65.3 Å². The summed E-state index contributed by atoms with van der Waals surface area (Å²) in [5.41, 5.74) is 5.14. The minimum atomic E-state index is -0.511. The van der Waals surface area contributed by atoms with Crippen molar-refractivity contribution in [2.24, 2.45) is 0 Å². The molecule has 2 heterocycles. The third-order valence-electron chi connectivity index (χ3n) is 5.84. The Hall–Kier alpha value is -3.60. The number of para-hydroxylation sites is 1. The lowest BCUT2D eigenvalue weighted by Crippen LogP contribution is -2.28. The zero-order valence-electron chi connectivity index (χ0n) is 17.1. The highest BCUT2D eigenvalue weighted by Gasteiger charge is 2.52. The summed E-state index contributed by atoms with van der Waals surface area (Å²) in [5.74, 6) is 0.772. The molecule has 0 atom stereocenters. The number of nitrogens with zero attached hydrogens (tertiary/aromatic N) is 2. The van der Waals surface area contributed by atoms with Crippen molar-refractivity contribution in [3.8, 4) is 17.0 Å². The first-order chi connectivity index (χ1) is 14.6. The summed E-state index contributed by atoms with van der Waals surface area (Å²) in [6.07, 6.45) is 5.67. The number of carbonyl (C=O) groups excluding carboxylic acids is 1. The number of benzene rings is 2. The number of ether oxygens (including phenoxy) is 1. The second-order valence-corrected chi connectivity index (χ2v) is 7.91. The Morgan fingerprint density at radius 1 is 1.10 bits per heavy atom. The second kappa shape index (κ2) is 7.02. The first-order valence-electron chi connectivity index (χ1n) is 10.1. The fourth-order valence-corrected chi connectivity index (χ4v) is 4.01. The molecule has 0 aliphatic heterocycles. The summed E-state index contributed by atoms with van der Waals surface area (Å²) in [6.45, 7) is 2.06. The Kier molecular flexibility index (Phi) is 4.31. The van der Waals surface area contributed by atoms with E-state index in [9.17, 15) is 4.79 Å². The van der Waals surface area contributed by atoms with E-state index in [1.54, 1.807) is 7.11 Å². The normalized spacial score (nSPS) is 14.5. The number of fused-ring (bicyclic) bond motifs is 1. The van der Waals surface area contributed by atoms with E-state index in [0.29, 0.717) is 0 Å². The minimum Gasteiger partial charge on any atom is -0.496 e. The topological polar surface area (TPSA) is 55.6 Å². The SMILES string of the molecule is COc1ccccc1C1(C(=O)Nc2cccc(-c3cn4ccc(C)cc4n3)c2)CC1. The number of pyridine rings is 1. The molecule has 5 heteroatoms. The minimum absolute atomic E-state index is 0.00905. The van der Waals surface area contributed by atoms with Gasteiger partial charge in [0.05, 0.1) is 18.2 Å². The fraction of sp³-hybridized carbons (Fsp3) is 0.200. The van der Waals surface area contributed by atoms with Crippen LogP contribution in [0.5, 0.6) is 5.75 Å². The van der Waals surface area contributed by atoms with Gasteiger partial charge < -0.3 is 14.5 Å². The molecule has 30 heavy (non-hydrogen) atoms. The van der Waals surface area contributed by atoms with Crippen LogP contribution in [-0.2, 0) is 10.2 Å². The molecule has 150 valence electrons. The van der Waals surface area contributed by atoms with E-state index in [2.05, 4.69) is 24.4 Å². The number of imidazole rings is 1. The van der Waals surface area contributed by atoms with Crippen molar-refractivity contribution in [3.63, 3.8) is 0 Å². The molecule has 5 rings (SSSR count). The number of rotatable bonds is 5. The highest BCUT2D eigenvalue weighted by molar-refractivity contribution is 6.02. The highest BCUT2D eigenvalue weighted by atomic mass is 16.5. The molecule has 1 N–H and O–H groups in total. The van der Waals surface area contributed by atoms with Gasteiger partial charge in [-0.2, -0.15) is 0 Å². The van der Waals surface area contributed by atoms with Crippen molar-refractivity contribution in [2.45, 2.75) is 25.2 Å². The largest absolute Gasteiger partial charge is 0.496 e. The summed E-state index contributed by atoms with van der Waals surface area (Å²) < 4.78 is 7.50. The van der Waals surface area contributed by atoms with Gasteiger partial charge in [-0.25, -0.2) is 4.98 Å². The van der Waals surface area contributed by atoms with Crippen LogP contribution in [0.3, 0.4) is 0 Å². The van der Waals surface area contributed by atoms with E-state index in [1.165, 1.54) is 5.56 Å². The number of aromatic nitrogens is 2. The fourth-order valence-electron chi connectivity index (χ4n) is 4.01. The highest BCUT2D eigenvalue weighted by Crippen LogP contribution is 2.52. The second-order valence-electron chi connectivity index (χ2n) is 7.91. The Morgan fingerprint density at radius 2 is 1.93 bits per heavy atom. The first kappa shape index (κ1) is 18.4. The van der Waals surface area contributed by atoms with Crippen LogP contribution in [0.1, 0.15) is 24.0 Å². The monoisotopic (exact) mass is 397 g/mol. The van der Waals surface area contributed by atoms with Crippen LogP contribution in [0.25, 0.3) is 16.9 Å². The number of aryl methyl sites for hydroxylation is 1. The van der Waals surface area contributed by atoms with E-state index in [4.69, 9.17) is 9.72 Å². The van der Waals surface area contributed by atoms with Crippen molar-refractivity contribution >= 4 is 17.2 Å². The number of methoxy groups -OCH3 is 1. The molecule has 1 amide bonds. The Labute approximate surface area is 175 Å². The van der Waals surface area contributed by atoms with Gasteiger partial charge in [-0.15, -0.1) is 0 Å². The van der Waals surface area contributed by atoms with Crippen molar-refractivity contribution in [3.05, 3.63) is 84.2 Å². The van der Waals surface area contributed by atoms with Crippen molar-refractivity contribution in [2.75, 3.05) is 12.4 Å². The number of anilines is 1. The van der Waals surface area contributed by atoms with Gasteiger partial charge in [-0.05, 0) is 55.7 Å². The lowest BCUT2D eigenvalue weighted by Gasteiger charge is -2.18. The molecule has 0 saturated heterocycles. The lowest BCUT2D eigenvalue weighted by molar-refractivity contribution is -0.118. The molecule has 1 aliphatic rings. The van der Waals surface area contributed by atoms with Crippen LogP contribution in [0, 0.1) is 6.92 Å². The van der Waals surface area contributed by atoms with Gasteiger partial charge in [0.2, 0.25) is 5.91 Å². The molecule has 2 aromatic carbocycles. The van der Waals surface area contributed by atoms with Gasteiger partial charge in [0.15, 0.2) is 0 Å². The van der Waals surface area contributed by atoms with E-state index in [0.717, 1.165) is 46.7 Å². The number of nitrogens with one attached hydrogen (secondary N) is 1. The van der Waals surface area contributed by atoms with E-state index >= 15 is 0 Å². The zero-order valence-corrected chi connectivity index (χ0v) is 17.1. The maximum absolute atomic E-state index is 13.2. The molecule has 1 fully saturated rings. The van der Waals surface area contributed by atoms with Crippen molar-refractivity contribution in [1.29, 1.82) is 0 Å². The Balaban J connectivity index is 1.42. The number of hydrogen-bond donors (Lipinski definition) is 1. The maximum Gasteiger partial charge on any atom is 0.235 e. The summed E-state index contributed by atoms with van der Waals surface area (Å²) >= 11 is 0. The van der Waals surface area contributed by atoms with Gasteiger partial charge >= 0.3 is 0 Å². The Morgan fingerprint density at radius 3 is 2.73 bits per heavy atom. The molecule has 4 aromatic rings. The van der Waals surface area contributed by atoms with Gasteiger partial charge in [-0.3, -0.25) is 4.79 Å². The smallest absolute Gasteiger partial charge is 0.235 e. The van der Waals surface area contributed by atoms with Crippen LogP contribution in [0.15, 0.2) is 73.1 Å². The van der Waals surface area contributed by atoms with Crippen LogP contribution < -0.4 is 10.1 Å². The molecule has 5 nitrogen and oxygen atoms in total. The molecule has 0 bridgehead atoms. The van der Waals surface area contributed by atoms with Gasteiger partial charge in [0.1, 0.15) is 11.4 Å². The first-order valence-corrected chi connectivity index (χ1v) is 10.1. The number of hydrogen-bond acceptors (Lipinski definition) is 3. The average Bonchev–Trinajstić information content (AvgIpc) is 3.47. The summed E-state index contributed by atoms with van der Waals surface area (Å²) in [4.78, 5) is 17.9. The number of amides is 1. The van der Waals surface area contributed by atoms with Gasteiger partial charge in [0, 0.05) is 29.2 Å². The Bertz CT molecular complexity index is 1250. The third kappa shape index (κ3) is 3.12. The molecule has 2 aromatic heterocycles. The molecular formula is C25H23N3O2. The zero-order chi connectivity index (χ0) is 20.7.